The van der Waals surface area contributed by atoms with Crippen molar-refractivity contribution in [2.24, 2.45) is 28.6 Å². The van der Waals surface area contributed by atoms with Crippen LogP contribution < -0.4 is 5.73 Å². The number of hydrogen-bond acceptors (Lipinski definition) is 3. The molecule has 0 amide bonds. The number of fused-ring (bicyclic) bond motifs is 1. The fraction of sp³-hybridized carbons (Fsp3) is 0.909. The normalized spacial score (nSPS) is 50.2. The number of nitrogens with two attached hydrogens (primary N) is 1. The summed E-state index contributed by atoms with van der Waals surface area (Å²) in [5.41, 5.74) is 7.51. The lowest BCUT2D eigenvalue weighted by Gasteiger charge is -2.45. The van der Waals surface area contributed by atoms with Crippen molar-refractivity contribution < 1.29 is 5.21 Å². The summed E-state index contributed by atoms with van der Waals surface area (Å²) in [7, 11) is 0. The maximum atomic E-state index is 9.00. The zero-order chi connectivity index (χ0) is 9.76. The molecule has 4 unspecified atom stereocenters. The van der Waals surface area contributed by atoms with E-state index in [1.165, 1.54) is 19.3 Å². The van der Waals surface area contributed by atoms with Gasteiger partial charge in [-0.25, -0.2) is 0 Å². The summed E-state index contributed by atoms with van der Waals surface area (Å²) in [6.45, 7) is 0. The molecule has 0 saturated heterocycles. The summed E-state index contributed by atoms with van der Waals surface area (Å²) in [6, 6.07) is 0. The van der Waals surface area contributed by atoms with E-state index in [2.05, 4.69) is 5.16 Å². The minimum atomic E-state index is 0. The Morgan fingerprint density at radius 3 is 2.60 bits per heavy atom. The van der Waals surface area contributed by atoms with Gasteiger partial charge in [0.1, 0.15) is 0 Å². The highest BCUT2D eigenvalue weighted by Gasteiger charge is 2.48. The zero-order valence-corrected chi connectivity index (χ0v) is 9.67. The van der Waals surface area contributed by atoms with Gasteiger partial charge in [-0.2, -0.15) is 0 Å². The number of oxime groups is 1. The number of hydrogen-bond donors (Lipinski definition) is 2. The van der Waals surface area contributed by atoms with Crippen LogP contribution in [-0.2, 0) is 0 Å². The first-order chi connectivity index (χ1) is 6.68. The summed E-state index contributed by atoms with van der Waals surface area (Å²) in [5, 5.41) is 12.5. The average Bonchev–Trinajstić information content (AvgIpc) is 2.26. The summed E-state index contributed by atoms with van der Waals surface area (Å²) in [5.74, 6) is 1.98. The van der Waals surface area contributed by atoms with Crippen LogP contribution in [0.2, 0.25) is 0 Å². The van der Waals surface area contributed by atoms with Crippen molar-refractivity contribution in [1.29, 1.82) is 0 Å². The Labute approximate surface area is 96.5 Å². The highest BCUT2D eigenvalue weighted by molar-refractivity contribution is 5.87. The maximum Gasteiger partial charge on any atom is 0.0605 e. The largest absolute Gasteiger partial charge is 0.411 e. The fourth-order valence-corrected chi connectivity index (χ4v) is 4.19. The zero-order valence-electron chi connectivity index (χ0n) is 8.85. The molecule has 15 heavy (non-hydrogen) atoms. The van der Waals surface area contributed by atoms with E-state index in [1.54, 1.807) is 0 Å². The third kappa shape index (κ3) is 1.76. The van der Waals surface area contributed by atoms with Crippen molar-refractivity contribution >= 4 is 18.1 Å². The molecule has 4 aliphatic carbocycles. The molecule has 4 fully saturated rings. The molecule has 0 aliphatic heterocycles. The molecule has 0 aromatic heterocycles. The lowest BCUT2D eigenvalue weighted by atomic mass is 9.63. The molecular formula is C11H19ClN2O. The monoisotopic (exact) mass is 230 g/mol. The van der Waals surface area contributed by atoms with Gasteiger partial charge in [-0.3, -0.25) is 0 Å². The van der Waals surface area contributed by atoms with E-state index < -0.39 is 0 Å². The Balaban J connectivity index is 0.000000853. The molecule has 4 saturated carbocycles. The molecule has 0 aromatic carbocycles. The molecule has 86 valence electrons. The number of halogens is 1. The lowest BCUT2D eigenvalue weighted by molar-refractivity contribution is 0.109. The summed E-state index contributed by atoms with van der Waals surface area (Å²) in [6.07, 6.45) is 6.94. The van der Waals surface area contributed by atoms with Gasteiger partial charge in [-0.1, -0.05) is 5.16 Å². The van der Waals surface area contributed by atoms with Gasteiger partial charge in [-0.15, -0.1) is 12.4 Å². The van der Waals surface area contributed by atoms with E-state index in [4.69, 9.17) is 10.9 Å². The van der Waals surface area contributed by atoms with Crippen LogP contribution in [0.5, 0.6) is 0 Å². The Morgan fingerprint density at radius 1 is 1.20 bits per heavy atom. The van der Waals surface area contributed by atoms with Crippen LogP contribution in [0, 0.1) is 17.8 Å². The van der Waals surface area contributed by atoms with Crippen molar-refractivity contribution in [3.63, 3.8) is 0 Å². The highest BCUT2D eigenvalue weighted by Crippen LogP contribution is 2.51. The molecule has 4 rings (SSSR count). The lowest BCUT2D eigenvalue weighted by Crippen LogP contribution is -2.50. The molecule has 0 heterocycles. The minimum Gasteiger partial charge on any atom is -0.411 e. The standard InChI is InChI=1S/C11H18N2O.ClH/c12-11-4-7-1-8(5-11)3-10(13-14)9(2-7)6-11;/h7-9,14H,1-6,12H2;1H. The van der Waals surface area contributed by atoms with E-state index in [1.807, 2.05) is 0 Å². The second-order valence-corrected chi connectivity index (χ2v) is 5.67. The fourth-order valence-electron chi connectivity index (χ4n) is 4.19. The molecule has 4 atom stereocenters. The summed E-state index contributed by atoms with van der Waals surface area (Å²) in [4.78, 5) is 0. The first-order valence-electron chi connectivity index (χ1n) is 5.68. The van der Waals surface area contributed by atoms with Gasteiger partial charge in [-0.05, 0) is 50.4 Å². The minimum absolute atomic E-state index is 0. The average molecular weight is 231 g/mol. The molecule has 3 nitrogen and oxygen atoms in total. The van der Waals surface area contributed by atoms with Gasteiger partial charge in [0.15, 0.2) is 0 Å². The van der Waals surface area contributed by atoms with Crippen LogP contribution in [0.15, 0.2) is 5.16 Å². The third-order valence-electron chi connectivity index (χ3n) is 4.43. The van der Waals surface area contributed by atoms with Crippen LogP contribution in [0.3, 0.4) is 0 Å². The molecule has 4 bridgehead atoms. The Kier molecular flexibility index (Phi) is 2.72. The topological polar surface area (TPSA) is 58.6 Å². The van der Waals surface area contributed by atoms with E-state index in [0.717, 1.165) is 30.9 Å². The van der Waals surface area contributed by atoms with Gasteiger partial charge >= 0.3 is 0 Å². The molecule has 3 N–H and O–H groups in total. The van der Waals surface area contributed by atoms with Gasteiger partial charge in [0.2, 0.25) is 0 Å². The Morgan fingerprint density at radius 2 is 1.93 bits per heavy atom. The van der Waals surface area contributed by atoms with E-state index in [0.29, 0.717) is 11.8 Å². The first kappa shape index (κ1) is 11.2. The predicted molar refractivity (Wildman–Crippen MR) is 61.6 cm³/mol. The van der Waals surface area contributed by atoms with Gasteiger partial charge in [0.05, 0.1) is 5.71 Å². The molecule has 4 heteroatoms. The molecule has 0 radical (unpaired) electrons. The van der Waals surface area contributed by atoms with Crippen LogP contribution in [-0.4, -0.2) is 16.5 Å². The molecular weight excluding hydrogens is 212 g/mol. The summed E-state index contributed by atoms with van der Waals surface area (Å²) >= 11 is 0. The van der Waals surface area contributed by atoms with Gasteiger partial charge < -0.3 is 10.9 Å². The Hall–Kier alpha value is -0.280. The number of nitrogens with zero attached hydrogens (tertiary/aromatic N) is 1. The van der Waals surface area contributed by atoms with Crippen LogP contribution in [0.4, 0.5) is 0 Å². The Bertz CT molecular complexity index is 294. The first-order valence-corrected chi connectivity index (χ1v) is 5.68. The van der Waals surface area contributed by atoms with E-state index >= 15 is 0 Å². The highest BCUT2D eigenvalue weighted by atomic mass is 35.5. The van der Waals surface area contributed by atoms with Crippen LogP contribution in [0.1, 0.15) is 38.5 Å². The third-order valence-corrected chi connectivity index (χ3v) is 4.43. The van der Waals surface area contributed by atoms with Gasteiger partial charge in [0, 0.05) is 11.5 Å². The van der Waals surface area contributed by atoms with Crippen molar-refractivity contribution in [2.75, 3.05) is 0 Å². The molecule has 0 spiro atoms. The van der Waals surface area contributed by atoms with Gasteiger partial charge in [0.25, 0.3) is 0 Å². The van der Waals surface area contributed by atoms with Crippen molar-refractivity contribution in [3.05, 3.63) is 0 Å². The van der Waals surface area contributed by atoms with Crippen LogP contribution in [0.25, 0.3) is 0 Å². The summed E-state index contributed by atoms with van der Waals surface area (Å²) < 4.78 is 0. The molecule has 0 aromatic rings. The molecule has 4 aliphatic rings. The van der Waals surface area contributed by atoms with E-state index in [9.17, 15) is 0 Å². The second-order valence-electron chi connectivity index (χ2n) is 5.67. The predicted octanol–water partition coefficient (Wildman–Crippen LogP) is 2.17. The van der Waals surface area contributed by atoms with E-state index in [-0.39, 0.29) is 17.9 Å². The number of rotatable bonds is 0. The smallest absolute Gasteiger partial charge is 0.0605 e. The van der Waals surface area contributed by atoms with Crippen molar-refractivity contribution in [3.8, 4) is 0 Å². The van der Waals surface area contributed by atoms with Crippen LogP contribution >= 0.6 is 12.4 Å². The quantitative estimate of drug-likeness (QED) is 0.495. The van der Waals surface area contributed by atoms with Crippen molar-refractivity contribution in [1.82, 2.24) is 0 Å². The van der Waals surface area contributed by atoms with Crippen molar-refractivity contribution in [2.45, 2.75) is 44.1 Å². The second kappa shape index (κ2) is 3.63. The SMILES string of the molecule is Cl.NC12CC3CC(=NO)C(CC(C3)C1)C2. The maximum absolute atomic E-state index is 9.00.